The summed E-state index contributed by atoms with van der Waals surface area (Å²) in [7, 11) is 0. The van der Waals surface area contributed by atoms with E-state index in [1.54, 1.807) is 26.8 Å². The molecule has 2 heterocycles. The molecule has 0 radical (unpaired) electrons. The van der Waals surface area contributed by atoms with Crippen molar-refractivity contribution in [2.24, 2.45) is 4.99 Å². The fourth-order valence-electron chi connectivity index (χ4n) is 4.06. The number of alkyl halides is 3. The van der Waals surface area contributed by atoms with E-state index >= 15 is 0 Å². The minimum atomic E-state index is -4.69. The molecule has 1 aromatic heterocycles. The molecule has 1 saturated heterocycles. The van der Waals surface area contributed by atoms with E-state index in [1.807, 2.05) is 13.0 Å². The zero-order valence-corrected chi connectivity index (χ0v) is 23.3. The Labute approximate surface area is 235 Å². The van der Waals surface area contributed by atoms with Gasteiger partial charge in [0.05, 0.1) is 5.56 Å². The standard InChI is InChI=1S/C27H34F3N5O6/c1-5-6-7-8-9-15-39-20-13-12-17(16-18(20)27(28,29)30)21-31-22(41-34-21)19-11-10-14-35(19)23(32-24(36)37)33-25(38)40-26(2,3)4/h8-9,12-13,16,19H,5-7,10-11,14-15H2,1-4H3,(H,36,37)(H,32,33,38)/t19-/m0/s1. The number of aliphatic imine (C=N–C) groups is 1. The SMILES string of the molecule is CCCCC=CCOc1ccc(-c2noc([C@@H]3CCCN3C(=NC(=O)OC(C)(C)C)NC(=O)O)n2)cc1C(F)(F)F. The first-order valence-electron chi connectivity index (χ1n) is 13.2. The van der Waals surface area contributed by atoms with Crippen molar-refractivity contribution < 1.29 is 41.9 Å². The molecule has 2 amide bonds. The Hall–Kier alpha value is -4.10. The molecule has 0 saturated carbocycles. The van der Waals surface area contributed by atoms with Gasteiger partial charge in [0.25, 0.3) is 0 Å². The molecule has 1 fully saturated rings. The number of carbonyl (C=O) groups excluding carboxylic acids is 1. The largest absolute Gasteiger partial charge is 0.489 e. The molecule has 1 atom stereocenters. The second-order valence-corrected chi connectivity index (χ2v) is 10.3. The molecule has 2 aromatic rings. The van der Waals surface area contributed by atoms with Gasteiger partial charge in [0.15, 0.2) is 0 Å². The van der Waals surface area contributed by atoms with Crippen LogP contribution in [0.5, 0.6) is 5.75 Å². The third-order valence-corrected chi connectivity index (χ3v) is 5.83. The average Bonchev–Trinajstić information content (AvgIpc) is 3.53. The smallest absolute Gasteiger partial charge is 0.437 e. The molecule has 0 unspecified atom stereocenters. The normalized spacial score (nSPS) is 16.3. The molecular formula is C27H34F3N5O6. The fraction of sp³-hybridized carbons (Fsp3) is 0.519. The maximum absolute atomic E-state index is 13.8. The van der Waals surface area contributed by atoms with Crippen LogP contribution < -0.4 is 10.1 Å². The molecule has 0 aliphatic carbocycles. The number of halogens is 3. The minimum Gasteiger partial charge on any atom is -0.489 e. The van der Waals surface area contributed by atoms with E-state index in [9.17, 15) is 27.9 Å². The van der Waals surface area contributed by atoms with Crippen molar-refractivity contribution >= 4 is 18.1 Å². The maximum atomic E-state index is 13.8. The van der Waals surface area contributed by atoms with Crippen molar-refractivity contribution in [1.29, 1.82) is 0 Å². The summed E-state index contributed by atoms with van der Waals surface area (Å²) in [6, 6.07) is 2.80. The number of likely N-dealkylation sites (tertiary alicyclic amines) is 1. The van der Waals surface area contributed by atoms with Crippen LogP contribution in [-0.2, 0) is 10.9 Å². The average molecular weight is 582 g/mol. The lowest BCUT2D eigenvalue weighted by Gasteiger charge is -2.25. The van der Waals surface area contributed by atoms with Gasteiger partial charge in [-0.25, -0.2) is 9.59 Å². The Morgan fingerprint density at radius 3 is 2.68 bits per heavy atom. The summed E-state index contributed by atoms with van der Waals surface area (Å²) >= 11 is 0. The van der Waals surface area contributed by atoms with Crippen molar-refractivity contribution in [1.82, 2.24) is 20.4 Å². The highest BCUT2D eigenvalue weighted by Gasteiger charge is 2.37. The van der Waals surface area contributed by atoms with E-state index in [2.05, 4.69) is 20.4 Å². The number of ether oxygens (including phenoxy) is 2. The third kappa shape index (κ3) is 9.22. The van der Waals surface area contributed by atoms with Crippen LogP contribution in [0.2, 0.25) is 0 Å². The van der Waals surface area contributed by atoms with Gasteiger partial charge >= 0.3 is 18.4 Å². The summed E-state index contributed by atoms with van der Waals surface area (Å²) in [4.78, 5) is 33.2. The van der Waals surface area contributed by atoms with Gasteiger partial charge in [0, 0.05) is 12.1 Å². The molecule has 0 bridgehead atoms. The van der Waals surface area contributed by atoms with Crippen LogP contribution in [0.4, 0.5) is 22.8 Å². The molecule has 41 heavy (non-hydrogen) atoms. The summed E-state index contributed by atoms with van der Waals surface area (Å²) < 4.78 is 57.4. The number of carbonyl (C=O) groups is 2. The van der Waals surface area contributed by atoms with Crippen molar-refractivity contribution in [3.8, 4) is 17.1 Å². The lowest BCUT2D eigenvalue weighted by molar-refractivity contribution is -0.138. The number of rotatable bonds is 8. The summed E-state index contributed by atoms with van der Waals surface area (Å²) in [5.41, 5.74) is -1.79. The van der Waals surface area contributed by atoms with Gasteiger partial charge in [-0.15, -0.1) is 4.99 Å². The number of aromatic nitrogens is 2. The Morgan fingerprint density at radius 2 is 2.02 bits per heavy atom. The van der Waals surface area contributed by atoms with Crippen LogP contribution in [0.1, 0.15) is 77.3 Å². The van der Waals surface area contributed by atoms with Gasteiger partial charge in [-0.2, -0.15) is 18.2 Å². The van der Waals surface area contributed by atoms with E-state index < -0.39 is 35.6 Å². The van der Waals surface area contributed by atoms with Gasteiger partial charge in [-0.3, -0.25) is 5.32 Å². The number of carboxylic acid groups (broad SMARTS) is 1. The second-order valence-electron chi connectivity index (χ2n) is 10.3. The van der Waals surface area contributed by atoms with Crippen LogP contribution in [-0.4, -0.2) is 57.0 Å². The first-order chi connectivity index (χ1) is 19.3. The van der Waals surface area contributed by atoms with Gasteiger partial charge < -0.3 is 24.0 Å². The molecule has 3 rings (SSSR count). The lowest BCUT2D eigenvalue weighted by atomic mass is 10.1. The molecule has 1 aromatic carbocycles. The number of hydrogen-bond donors (Lipinski definition) is 2. The van der Waals surface area contributed by atoms with Crippen molar-refractivity contribution in [3.05, 3.63) is 41.8 Å². The highest BCUT2D eigenvalue weighted by atomic mass is 19.4. The Balaban J connectivity index is 1.84. The number of nitrogens with one attached hydrogen (secondary N) is 1. The van der Waals surface area contributed by atoms with E-state index in [0.717, 1.165) is 25.3 Å². The van der Waals surface area contributed by atoms with Gasteiger partial charge in [-0.1, -0.05) is 37.1 Å². The summed E-state index contributed by atoms with van der Waals surface area (Å²) in [5, 5.41) is 15.2. The van der Waals surface area contributed by atoms with Gasteiger partial charge in [0.1, 0.15) is 24.0 Å². The first-order valence-corrected chi connectivity index (χ1v) is 13.2. The Morgan fingerprint density at radius 1 is 1.27 bits per heavy atom. The zero-order chi connectivity index (χ0) is 30.2. The number of guanidine groups is 1. The molecule has 224 valence electrons. The highest BCUT2D eigenvalue weighted by Crippen LogP contribution is 2.39. The zero-order valence-electron chi connectivity index (χ0n) is 23.3. The van der Waals surface area contributed by atoms with Crippen molar-refractivity contribution in [2.75, 3.05) is 13.2 Å². The predicted molar refractivity (Wildman–Crippen MR) is 142 cm³/mol. The van der Waals surface area contributed by atoms with Crippen molar-refractivity contribution in [3.63, 3.8) is 0 Å². The fourth-order valence-corrected chi connectivity index (χ4v) is 4.06. The van der Waals surface area contributed by atoms with Gasteiger partial charge in [-0.05, 0) is 58.2 Å². The maximum Gasteiger partial charge on any atom is 0.437 e. The van der Waals surface area contributed by atoms with Crippen LogP contribution in [0, 0.1) is 0 Å². The number of amides is 2. The number of unbranched alkanes of at least 4 members (excludes halogenated alkanes) is 2. The van der Waals surface area contributed by atoms with E-state index in [-0.39, 0.29) is 35.6 Å². The summed E-state index contributed by atoms with van der Waals surface area (Å²) in [6.07, 6.45) is 0.220. The monoisotopic (exact) mass is 581 g/mol. The Kier molecular flexibility index (Phi) is 10.4. The summed E-state index contributed by atoms with van der Waals surface area (Å²) in [5.74, 6) is -0.693. The van der Waals surface area contributed by atoms with E-state index in [1.165, 1.54) is 17.0 Å². The van der Waals surface area contributed by atoms with E-state index in [4.69, 9.17) is 14.0 Å². The molecule has 14 heteroatoms. The first kappa shape index (κ1) is 31.4. The summed E-state index contributed by atoms with van der Waals surface area (Å²) in [6.45, 7) is 7.25. The molecule has 0 spiro atoms. The van der Waals surface area contributed by atoms with Crippen LogP contribution in [0.25, 0.3) is 11.4 Å². The van der Waals surface area contributed by atoms with Crippen molar-refractivity contribution in [2.45, 2.75) is 77.6 Å². The molecule has 1 aliphatic rings. The molecule has 1 aliphatic heterocycles. The highest BCUT2D eigenvalue weighted by molar-refractivity contribution is 5.98. The second kappa shape index (κ2) is 13.5. The topological polar surface area (TPSA) is 139 Å². The Bertz CT molecular complexity index is 1270. The molecule has 2 N–H and O–H groups in total. The third-order valence-electron chi connectivity index (χ3n) is 5.83. The number of allylic oxidation sites excluding steroid dienone is 1. The minimum absolute atomic E-state index is 0.00637. The number of hydrogen-bond acceptors (Lipinski definition) is 7. The number of benzene rings is 1. The van der Waals surface area contributed by atoms with E-state index in [0.29, 0.717) is 19.4 Å². The van der Waals surface area contributed by atoms with Gasteiger partial charge in [0.2, 0.25) is 17.7 Å². The predicted octanol–water partition coefficient (Wildman–Crippen LogP) is 6.58. The number of nitrogens with zero attached hydrogens (tertiary/aromatic N) is 4. The molecule has 11 nitrogen and oxygen atoms in total. The van der Waals surface area contributed by atoms with Crippen LogP contribution in [0.15, 0.2) is 39.9 Å². The van der Waals surface area contributed by atoms with Crippen LogP contribution in [0.3, 0.4) is 0 Å². The molecular weight excluding hydrogens is 547 g/mol. The lowest BCUT2D eigenvalue weighted by Crippen LogP contribution is -2.44. The van der Waals surface area contributed by atoms with Crippen LogP contribution >= 0.6 is 0 Å². The quantitative estimate of drug-likeness (QED) is 0.153.